The van der Waals surface area contributed by atoms with E-state index in [1.807, 2.05) is 6.92 Å². The van der Waals surface area contributed by atoms with Crippen LogP contribution < -0.4 is 5.32 Å². The van der Waals surface area contributed by atoms with E-state index in [2.05, 4.69) is 15.3 Å². The average molecular weight is 502 g/mol. The predicted octanol–water partition coefficient (Wildman–Crippen LogP) is 4.52. The maximum absolute atomic E-state index is 15.4. The molecule has 3 aromatic heterocycles. The van der Waals surface area contributed by atoms with E-state index >= 15 is 8.78 Å². The van der Waals surface area contributed by atoms with E-state index in [0.717, 1.165) is 23.3 Å². The average Bonchev–Trinajstić information content (AvgIpc) is 3.51. The Morgan fingerprint density at radius 1 is 1.20 bits per heavy atom. The van der Waals surface area contributed by atoms with E-state index in [9.17, 15) is 9.18 Å². The van der Waals surface area contributed by atoms with Gasteiger partial charge < -0.3 is 14.6 Å². The number of rotatable bonds is 4. The van der Waals surface area contributed by atoms with Gasteiger partial charge in [0.05, 0.1) is 29.6 Å². The number of amides is 1. The Morgan fingerprint density at radius 2 is 1.97 bits per heavy atom. The molecule has 7 nitrogen and oxygen atoms in total. The molecule has 180 valence electrons. The number of aromatic nitrogens is 4. The number of imidazole rings is 2. The van der Waals surface area contributed by atoms with Crippen LogP contribution in [0.3, 0.4) is 0 Å². The third kappa shape index (κ3) is 3.27. The molecule has 4 aromatic rings. The van der Waals surface area contributed by atoms with Gasteiger partial charge >= 0.3 is 0 Å². The van der Waals surface area contributed by atoms with Crippen molar-refractivity contribution in [2.45, 2.75) is 30.9 Å². The van der Waals surface area contributed by atoms with Crippen LogP contribution in [0.2, 0.25) is 5.15 Å². The van der Waals surface area contributed by atoms with Gasteiger partial charge in [-0.15, -0.1) is 0 Å². The van der Waals surface area contributed by atoms with Gasteiger partial charge in [-0.3, -0.25) is 9.20 Å². The minimum Gasteiger partial charge on any atom is -0.373 e. The highest BCUT2D eigenvalue weighted by atomic mass is 35.5. The van der Waals surface area contributed by atoms with Crippen molar-refractivity contribution < 1.29 is 22.7 Å². The smallest absolute Gasteiger partial charge is 0.251 e. The summed E-state index contributed by atoms with van der Waals surface area (Å²) in [6.07, 6.45) is 4.20. The summed E-state index contributed by atoms with van der Waals surface area (Å²) in [6.45, 7) is 2.45. The highest BCUT2D eigenvalue weighted by molar-refractivity contribution is 6.32. The van der Waals surface area contributed by atoms with Gasteiger partial charge in [0.15, 0.2) is 11.6 Å². The lowest BCUT2D eigenvalue weighted by atomic mass is 9.69. The lowest BCUT2D eigenvalue weighted by molar-refractivity contribution is 0.0127. The van der Waals surface area contributed by atoms with Crippen molar-refractivity contribution in [2.75, 3.05) is 6.61 Å². The molecule has 3 fully saturated rings. The van der Waals surface area contributed by atoms with E-state index in [1.54, 1.807) is 7.05 Å². The van der Waals surface area contributed by atoms with Crippen LogP contribution in [-0.4, -0.2) is 42.6 Å². The van der Waals surface area contributed by atoms with Gasteiger partial charge in [0, 0.05) is 37.2 Å². The first kappa shape index (κ1) is 22.1. The van der Waals surface area contributed by atoms with Crippen molar-refractivity contribution in [3.05, 3.63) is 65.1 Å². The Bertz CT molecular complexity index is 1540. The van der Waals surface area contributed by atoms with Gasteiger partial charge in [0.25, 0.3) is 5.91 Å². The zero-order valence-corrected chi connectivity index (χ0v) is 19.5. The zero-order chi connectivity index (χ0) is 24.7. The second-order valence-electron chi connectivity index (χ2n) is 9.50. The molecule has 0 spiro atoms. The minimum absolute atomic E-state index is 0.0606. The second kappa shape index (κ2) is 7.32. The molecule has 1 aromatic carbocycles. The van der Waals surface area contributed by atoms with Crippen LogP contribution in [0.4, 0.5) is 13.2 Å². The number of benzene rings is 1. The zero-order valence-electron chi connectivity index (χ0n) is 18.7. The van der Waals surface area contributed by atoms with E-state index < -0.39 is 34.4 Å². The van der Waals surface area contributed by atoms with Gasteiger partial charge in [-0.05, 0) is 31.2 Å². The van der Waals surface area contributed by atoms with Crippen molar-refractivity contribution in [3.8, 4) is 22.5 Å². The van der Waals surface area contributed by atoms with Crippen molar-refractivity contribution >= 4 is 23.2 Å². The third-order valence-corrected chi connectivity index (χ3v) is 7.23. The number of aryl methyl sites for hydroxylation is 1. The van der Waals surface area contributed by atoms with Crippen molar-refractivity contribution in [2.24, 2.45) is 7.05 Å². The lowest BCUT2D eigenvalue weighted by Crippen LogP contribution is -2.58. The van der Waals surface area contributed by atoms with Gasteiger partial charge in [0.2, 0.25) is 5.95 Å². The first-order valence-electron chi connectivity index (χ1n) is 10.9. The first-order chi connectivity index (χ1) is 16.6. The molecule has 5 heterocycles. The maximum Gasteiger partial charge on any atom is 0.251 e. The molecule has 35 heavy (non-hydrogen) atoms. The summed E-state index contributed by atoms with van der Waals surface area (Å²) in [4.78, 5) is 21.3. The molecular weight excluding hydrogens is 483 g/mol. The van der Waals surface area contributed by atoms with Crippen LogP contribution >= 0.6 is 11.6 Å². The Balaban J connectivity index is 1.42. The molecule has 3 aliphatic rings. The van der Waals surface area contributed by atoms with E-state index in [-0.39, 0.29) is 39.1 Å². The molecule has 7 rings (SSSR count). The summed E-state index contributed by atoms with van der Waals surface area (Å²) in [5, 5.41) is 3.18. The van der Waals surface area contributed by atoms with E-state index in [1.165, 1.54) is 35.3 Å². The minimum atomic E-state index is -1.28. The Hall–Kier alpha value is -3.37. The van der Waals surface area contributed by atoms with Gasteiger partial charge in [-0.1, -0.05) is 11.6 Å². The first-order valence-corrected chi connectivity index (χ1v) is 11.3. The molecule has 1 aliphatic carbocycles. The third-order valence-electron chi connectivity index (χ3n) is 6.78. The maximum atomic E-state index is 15.4. The van der Waals surface area contributed by atoms with Crippen molar-refractivity contribution in [1.29, 1.82) is 0 Å². The fraction of sp³-hybridized carbons (Fsp3) is 0.292. The largest absolute Gasteiger partial charge is 0.373 e. The summed E-state index contributed by atoms with van der Waals surface area (Å²) in [7, 11) is 1.64. The van der Waals surface area contributed by atoms with Crippen LogP contribution in [0.25, 0.3) is 28.2 Å². The summed E-state index contributed by atoms with van der Waals surface area (Å²) in [6, 6.07) is 5.04. The summed E-state index contributed by atoms with van der Waals surface area (Å²) in [5.41, 5.74) is -0.856. The van der Waals surface area contributed by atoms with Crippen LogP contribution in [0, 0.1) is 17.6 Å². The topological polar surface area (TPSA) is 73.5 Å². The molecule has 0 unspecified atom stereocenters. The van der Waals surface area contributed by atoms with Gasteiger partial charge in [0.1, 0.15) is 22.2 Å². The Kier molecular flexibility index (Phi) is 4.62. The molecule has 1 N–H and O–H groups in total. The second-order valence-corrected chi connectivity index (χ2v) is 9.86. The Morgan fingerprint density at radius 3 is 2.63 bits per heavy atom. The molecule has 1 amide bonds. The summed E-state index contributed by atoms with van der Waals surface area (Å²) < 4.78 is 53.0. The summed E-state index contributed by atoms with van der Waals surface area (Å²) >= 11 is 6.27. The van der Waals surface area contributed by atoms with E-state index in [0.29, 0.717) is 6.61 Å². The number of pyridine rings is 1. The fourth-order valence-electron chi connectivity index (χ4n) is 5.22. The number of ether oxygens (including phenoxy) is 1. The highest BCUT2D eigenvalue weighted by Gasteiger charge is 2.60. The molecule has 2 bridgehead atoms. The number of halogens is 4. The van der Waals surface area contributed by atoms with Crippen LogP contribution in [0.1, 0.15) is 30.1 Å². The van der Waals surface area contributed by atoms with Crippen LogP contribution in [0.15, 0.2) is 36.8 Å². The SMILES string of the molecule is Cn1cnc(-c2ccc(F)c(F)c2-c2nc3cc(C(=O)NC45COC(C)(C4)C5)ccn3c2F)c1Cl. The molecular formula is C24H19ClF3N5O2. The van der Waals surface area contributed by atoms with Crippen molar-refractivity contribution in [3.63, 3.8) is 0 Å². The normalized spacial score (nSPS) is 23.0. The number of carbonyl (C=O) groups excluding carboxylic acids is 1. The van der Waals surface area contributed by atoms with Crippen molar-refractivity contribution in [1.82, 2.24) is 24.3 Å². The van der Waals surface area contributed by atoms with Crippen LogP contribution in [0.5, 0.6) is 0 Å². The molecule has 0 radical (unpaired) electrons. The number of hydrogen-bond donors (Lipinski definition) is 1. The number of fused-ring (bicyclic) bond motifs is 2. The number of nitrogens with zero attached hydrogens (tertiary/aromatic N) is 4. The lowest BCUT2D eigenvalue weighted by Gasteiger charge is -2.42. The molecule has 2 aliphatic heterocycles. The standard InChI is InChI=1S/C24H19ClF3N5O2/c1-23-8-24(9-23,10-35-23)31-22(34)12-5-6-33-15(7-12)30-19(21(33)28)16-13(3-4-14(26)17(16)27)18-20(25)32(2)11-29-18/h3-7,11H,8-10H2,1-2H3,(H,31,34). The highest BCUT2D eigenvalue weighted by Crippen LogP contribution is 2.51. The molecule has 2 saturated heterocycles. The van der Waals surface area contributed by atoms with Crippen LogP contribution in [-0.2, 0) is 11.8 Å². The molecule has 1 saturated carbocycles. The summed E-state index contributed by atoms with van der Waals surface area (Å²) in [5.74, 6) is -3.71. The molecule has 0 atom stereocenters. The molecule has 11 heteroatoms. The van der Waals surface area contributed by atoms with Gasteiger partial charge in [-0.25, -0.2) is 18.7 Å². The number of carbonyl (C=O) groups is 1. The van der Waals surface area contributed by atoms with E-state index in [4.69, 9.17) is 16.3 Å². The number of nitrogens with one attached hydrogen (secondary N) is 1. The monoisotopic (exact) mass is 501 g/mol. The fourth-order valence-corrected chi connectivity index (χ4v) is 5.42. The quantitative estimate of drug-likeness (QED) is 0.446. The Labute approximate surface area is 202 Å². The number of hydrogen-bond acceptors (Lipinski definition) is 4. The predicted molar refractivity (Wildman–Crippen MR) is 122 cm³/mol. The van der Waals surface area contributed by atoms with Gasteiger partial charge in [-0.2, -0.15) is 4.39 Å².